The van der Waals surface area contributed by atoms with Crippen LogP contribution in [-0.4, -0.2) is 63.2 Å². The molecule has 3 rings (SSSR count). The maximum Gasteiger partial charge on any atom is 0.304 e. The Bertz CT molecular complexity index is 1340. The molecule has 0 aromatic heterocycles. The summed E-state index contributed by atoms with van der Waals surface area (Å²) in [5.41, 5.74) is 1.59. The number of carbonyl (C=O) groups excluding carboxylic acids is 2. The van der Waals surface area contributed by atoms with Gasteiger partial charge in [0, 0.05) is 49.7 Å². The van der Waals surface area contributed by atoms with Crippen molar-refractivity contribution in [2.45, 2.75) is 19.0 Å². The molecule has 11 heteroatoms. The molecule has 3 aromatic rings. The molecule has 1 unspecified atom stereocenters. The zero-order valence-corrected chi connectivity index (χ0v) is 23.7. The Hall–Kier alpha value is -3.11. The molecule has 0 heterocycles. The van der Waals surface area contributed by atoms with Gasteiger partial charge in [0.25, 0.3) is 0 Å². The van der Waals surface area contributed by atoms with E-state index < -0.39 is 34.6 Å². The van der Waals surface area contributed by atoms with E-state index in [1.54, 1.807) is 48.5 Å². The van der Waals surface area contributed by atoms with Crippen LogP contribution in [0.3, 0.4) is 0 Å². The summed E-state index contributed by atoms with van der Waals surface area (Å²) in [6, 6.07) is 21.6. The lowest BCUT2D eigenvalue weighted by Gasteiger charge is -2.34. The van der Waals surface area contributed by atoms with Crippen LogP contribution in [-0.2, 0) is 32.8 Å². The largest absolute Gasteiger partial charge is 0.357 e. The van der Waals surface area contributed by atoms with Gasteiger partial charge in [0.2, 0.25) is 11.8 Å². The van der Waals surface area contributed by atoms with Crippen molar-refractivity contribution in [2.24, 2.45) is 0 Å². The Labute approximate surface area is 233 Å². The summed E-state index contributed by atoms with van der Waals surface area (Å²) in [6.45, 7) is -0.651. The van der Waals surface area contributed by atoms with Crippen LogP contribution < -0.4 is 9.62 Å². The quantitative estimate of drug-likeness (QED) is 0.373. The summed E-state index contributed by atoms with van der Waals surface area (Å²) in [4.78, 5) is 28.5. The van der Waals surface area contributed by atoms with Gasteiger partial charge >= 0.3 is 10.2 Å². The first-order chi connectivity index (χ1) is 18.1. The lowest BCUT2D eigenvalue weighted by Crippen LogP contribution is -2.53. The molecule has 0 saturated carbocycles. The van der Waals surface area contributed by atoms with E-state index in [1.165, 1.54) is 26.0 Å². The standard InChI is InChI=1S/C27H30Cl2N4O4S/c1-30-27(35)25(17-20-11-6-4-7-12-20)32(18-22-23(28)15-10-16-24(22)29)26(34)19-33(38(36,37)31(2)3)21-13-8-5-9-14-21/h4-16,25H,17-19H2,1-3H3,(H,30,35). The number of likely N-dealkylation sites (N-methyl/N-ethyl adjacent to an activating group) is 1. The van der Waals surface area contributed by atoms with Crippen LogP contribution in [0.25, 0.3) is 0 Å². The molecular weight excluding hydrogens is 547 g/mol. The van der Waals surface area contributed by atoms with E-state index in [1.807, 2.05) is 30.3 Å². The Morgan fingerprint density at radius 3 is 1.95 bits per heavy atom. The van der Waals surface area contributed by atoms with Crippen molar-refractivity contribution < 1.29 is 18.0 Å². The van der Waals surface area contributed by atoms with Gasteiger partial charge in [0.15, 0.2) is 0 Å². The van der Waals surface area contributed by atoms with E-state index in [2.05, 4.69) is 5.32 Å². The summed E-state index contributed by atoms with van der Waals surface area (Å²) >= 11 is 12.9. The lowest BCUT2D eigenvalue weighted by atomic mass is 10.0. The molecule has 0 saturated heterocycles. The second-order valence-corrected chi connectivity index (χ2v) is 11.6. The normalized spacial score (nSPS) is 12.2. The minimum Gasteiger partial charge on any atom is -0.357 e. The van der Waals surface area contributed by atoms with Crippen molar-refractivity contribution in [1.82, 2.24) is 14.5 Å². The second-order valence-electron chi connectivity index (χ2n) is 8.67. The minimum atomic E-state index is -4.05. The number of amides is 2. The fourth-order valence-corrected chi connectivity index (χ4v) is 5.46. The molecule has 0 aliphatic rings. The molecule has 2 amide bonds. The van der Waals surface area contributed by atoms with Gasteiger partial charge in [0.1, 0.15) is 12.6 Å². The molecule has 38 heavy (non-hydrogen) atoms. The first kappa shape index (κ1) is 29.4. The molecule has 3 aromatic carbocycles. The van der Waals surface area contributed by atoms with Gasteiger partial charge in [-0.3, -0.25) is 9.59 Å². The highest BCUT2D eigenvalue weighted by atomic mass is 35.5. The van der Waals surface area contributed by atoms with Crippen molar-refractivity contribution in [2.75, 3.05) is 32.0 Å². The number of hydrogen-bond donors (Lipinski definition) is 1. The van der Waals surface area contributed by atoms with Gasteiger partial charge < -0.3 is 10.2 Å². The van der Waals surface area contributed by atoms with Gasteiger partial charge in [-0.25, -0.2) is 4.31 Å². The number of nitrogens with one attached hydrogen (secondary N) is 1. The van der Waals surface area contributed by atoms with E-state index >= 15 is 0 Å². The molecular formula is C27H30Cl2N4O4S. The number of rotatable bonds is 11. The smallest absolute Gasteiger partial charge is 0.304 e. The Kier molecular flexibility index (Phi) is 10.2. The van der Waals surface area contributed by atoms with Crippen LogP contribution in [0.4, 0.5) is 5.69 Å². The zero-order valence-electron chi connectivity index (χ0n) is 21.3. The first-order valence-corrected chi connectivity index (χ1v) is 13.9. The van der Waals surface area contributed by atoms with E-state index in [-0.39, 0.29) is 13.0 Å². The Morgan fingerprint density at radius 2 is 1.42 bits per heavy atom. The van der Waals surface area contributed by atoms with Crippen molar-refractivity contribution >= 4 is 50.9 Å². The zero-order chi connectivity index (χ0) is 27.9. The van der Waals surface area contributed by atoms with Crippen LogP contribution in [0.15, 0.2) is 78.9 Å². The topological polar surface area (TPSA) is 90.0 Å². The monoisotopic (exact) mass is 576 g/mol. The summed E-state index contributed by atoms with van der Waals surface area (Å²) < 4.78 is 28.6. The minimum absolute atomic E-state index is 0.104. The van der Waals surface area contributed by atoms with Crippen molar-refractivity contribution in [3.8, 4) is 0 Å². The van der Waals surface area contributed by atoms with E-state index in [4.69, 9.17) is 23.2 Å². The van der Waals surface area contributed by atoms with Gasteiger partial charge in [0.05, 0.1) is 5.69 Å². The SMILES string of the molecule is CNC(=O)C(Cc1ccccc1)N(Cc1c(Cl)cccc1Cl)C(=O)CN(c1ccccc1)S(=O)(=O)N(C)C. The predicted molar refractivity (Wildman–Crippen MR) is 151 cm³/mol. The molecule has 0 fully saturated rings. The molecule has 0 spiro atoms. The number of nitrogens with zero attached hydrogens (tertiary/aromatic N) is 3. The molecule has 0 radical (unpaired) electrons. The predicted octanol–water partition coefficient (Wildman–Crippen LogP) is 3.99. The average molecular weight is 578 g/mol. The molecule has 1 atom stereocenters. The third-order valence-electron chi connectivity index (χ3n) is 5.97. The molecule has 1 N–H and O–H groups in total. The number of benzene rings is 3. The van der Waals surface area contributed by atoms with Crippen LogP contribution in [0.2, 0.25) is 10.0 Å². The Morgan fingerprint density at radius 1 is 0.868 bits per heavy atom. The number of carbonyl (C=O) groups is 2. The first-order valence-electron chi connectivity index (χ1n) is 11.8. The van der Waals surface area contributed by atoms with Gasteiger partial charge in [-0.05, 0) is 29.8 Å². The summed E-state index contributed by atoms with van der Waals surface area (Å²) in [6.07, 6.45) is 0.195. The van der Waals surface area contributed by atoms with E-state index in [0.717, 1.165) is 14.2 Å². The summed E-state index contributed by atoms with van der Waals surface area (Å²) in [5.74, 6) is -1.01. The summed E-state index contributed by atoms with van der Waals surface area (Å²) in [7, 11) is 0.208. The fraction of sp³-hybridized carbons (Fsp3) is 0.259. The van der Waals surface area contributed by atoms with Crippen LogP contribution in [0.1, 0.15) is 11.1 Å². The van der Waals surface area contributed by atoms with Crippen molar-refractivity contribution in [3.05, 3.63) is 100 Å². The fourth-order valence-electron chi connectivity index (χ4n) is 3.89. The summed E-state index contributed by atoms with van der Waals surface area (Å²) in [5, 5.41) is 3.28. The molecule has 0 aliphatic heterocycles. The highest BCUT2D eigenvalue weighted by molar-refractivity contribution is 7.90. The lowest BCUT2D eigenvalue weighted by molar-refractivity contribution is -0.139. The van der Waals surface area contributed by atoms with Crippen molar-refractivity contribution in [3.63, 3.8) is 0 Å². The van der Waals surface area contributed by atoms with Crippen LogP contribution in [0.5, 0.6) is 0 Å². The number of para-hydroxylation sites is 1. The average Bonchev–Trinajstić information content (AvgIpc) is 2.91. The highest BCUT2D eigenvalue weighted by Gasteiger charge is 2.34. The van der Waals surface area contributed by atoms with E-state index in [0.29, 0.717) is 21.3 Å². The van der Waals surface area contributed by atoms with Crippen molar-refractivity contribution in [1.29, 1.82) is 0 Å². The highest BCUT2D eigenvalue weighted by Crippen LogP contribution is 2.28. The number of hydrogen-bond acceptors (Lipinski definition) is 4. The number of anilines is 1. The van der Waals surface area contributed by atoms with E-state index in [9.17, 15) is 18.0 Å². The second kappa shape index (κ2) is 13.1. The molecule has 8 nitrogen and oxygen atoms in total. The van der Waals surface area contributed by atoms with Crippen LogP contribution in [0, 0.1) is 0 Å². The molecule has 0 bridgehead atoms. The Balaban J connectivity index is 2.09. The molecule has 202 valence electrons. The maximum atomic E-state index is 14.0. The van der Waals surface area contributed by atoms with Crippen LogP contribution >= 0.6 is 23.2 Å². The number of halogens is 2. The maximum absolute atomic E-state index is 14.0. The third-order valence-corrected chi connectivity index (χ3v) is 8.50. The third kappa shape index (κ3) is 7.05. The van der Waals surface area contributed by atoms with Gasteiger partial charge in [-0.15, -0.1) is 0 Å². The van der Waals surface area contributed by atoms with Gasteiger partial charge in [-0.1, -0.05) is 77.8 Å². The molecule has 0 aliphatic carbocycles. The van der Waals surface area contributed by atoms with Gasteiger partial charge in [-0.2, -0.15) is 12.7 Å².